The molecule has 2 aromatic carbocycles. The van der Waals surface area contributed by atoms with E-state index >= 15 is 0 Å². The summed E-state index contributed by atoms with van der Waals surface area (Å²) in [6.45, 7) is 0. The summed E-state index contributed by atoms with van der Waals surface area (Å²) in [4.78, 5) is 15.6. The Morgan fingerprint density at radius 1 is 1.13 bits per heavy atom. The Morgan fingerprint density at radius 3 is 2.52 bits per heavy atom. The Bertz CT molecular complexity index is 894. The number of nitrogens with zero attached hydrogens (tertiary/aromatic N) is 1. The highest BCUT2D eigenvalue weighted by Gasteiger charge is 2.11. The zero-order valence-corrected chi connectivity index (χ0v) is 13.3. The number of hydrogen-bond acceptors (Lipinski definition) is 3. The molecule has 0 aliphatic carbocycles. The van der Waals surface area contributed by atoms with E-state index in [-0.39, 0.29) is 5.96 Å². The first-order valence-electron chi connectivity index (χ1n) is 6.88. The van der Waals surface area contributed by atoms with Crippen molar-refractivity contribution in [3.8, 4) is 16.9 Å². The van der Waals surface area contributed by atoms with Gasteiger partial charge in [-0.1, -0.05) is 12.1 Å². The summed E-state index contributed by atoms with van der Waals surface area (Å²) in [5, 5.41) is 3.07. The van der Waals surface area contributed by atoms with Gasteiger partial charge in [-0.3, -0.25) is 4.79 Å². The summed E-state index contributed by atoms with van der Waals surface area (Å²) in [5.74, 6) is 0.117. The number of carbonyl (C=O) groups excluding carboxylic acids is 1. The first kappa shape index (κ1) is 15.1. The molecule has 0 radical (unpaired) electrons. The fraction of sp³-hybridized carbons (Fsp3) is 0.0588. The molecule has 0 bridgehead atoms. The number of amides is 1. The number of methoxy groups -OCH3 is 1. The van der Waals surface area contributed by atoms with Crippen molar-refractivity contribution in [2.75, 3.05) is 7.11 Å². The molecule has 0 atom stereocenters. The lowest BCUT2D eigenvalue weighted by Gasteiger charge is -2.04. The molecule has 0 spiro atoms. The molecule has 0 aliphatic heterocycles. The van der Waals surface area contributed by atoms with Crippen molar-refractivity contribution in [1.29, 1.82) is 0 Å². The quantitative estimate of drug-likeness (QED) is 0.572. The Morgan fingerprint density at radius 2 is 1.87 bits per heavy atom. The van der Waals surface area contributed by atoms with E-state index in [0.29, 0.717) is 5.56 Å². The first-order chi connectivity index (χ1) is 11.1. The molecule has 0 saturated carbocycles. The maximum Gasteiger partial charge on any atom is 0.280 e. The van der Waals surface area contributed by atoms with Gasteiger partial charge < -0.3 is 16.2 Å². The van der Waals surface area contributed by atoms with Crippen molar-refractivity contribution in [3.05, 3.63) is 53.4 Å². The topological polar surface area (TPSA) is 90.7 Å². The van der Waals surface area contributed by atoms with E-state index in [1.165, 1.54) is 0 Å². The van der Waals surface area contributed by atoms with E-state index in [0.717, 1.165) is 27.0 Å². The highest BCUT2D eigenvalue weighted by Crippen LogP contribution is 2.35. The molecule has 0 unspecified atom stereocenters. The predicted octanol–water partition coefficient (Wildman–Crippen LogP) is 2.99. The highest BCUT2D eigenvalue weighted by molar-refractivity contribution is 7.17. The monoisotopic (exact) mass is 325 g/mol. The van der Waals surface area contributed by atoms with Gasteiger partial charge in [-0.05, 0) is 41.3 Å². The molecule has 1 aromatic heterocycles. The highest BCUT2D eigenvalue weighted by atomic mass is 32.1. The summed E-state index contributed by atoms with van der Waals surface area (Å²) >= 11 is 1.63. The third-order valence-electron chi connectivity index (χ3n) is 3.45. The van der Waals surface area contributed by atoms with E-state index < -0.39 is 5.91 Å². The van der Waals surface area contributed by atoms with Crippen LogP contribution in [0.4, 0.5) is 0 Å². The van der Waals surface area contributed by atoms with Crippen LogP contribution >= 0.6 is 11.3 Å². The molecular formula is C17H15N3O2S. The van der Waals surface area contributed by atoms with Crippen molar-refractivity contribution in [3.63, 3.8) is 0 Å². The van der Waals surface area contributed by atoms with Crippen LogP contribution in [0.1, 0.15) is 10.4 Å². The number of aliphatic imine (C=N–C) groups is 1. The standard InChI is InChI=1S/C17H15N3O2S/c1-22-12-5-2-10(3-6-12)14-9-23-15-7-4-11(8-13(14)15)16(21)20-17(18)19/h2-9H,1H3,(H4,18,19,20,21). The molecule has 0 saturated heterocycles. The minimum absolute atomic E-state index is 0.240. The Labute approximate surface area is 137 Å². The normalized spacial score (nSPS) is 10.5. The number of thiophene rings is 1. The van der Waals surface area contributed by atoms with Crippen LogP contribution in [0.15, 0.2) is 52.8 Å². The second kappa shape index (κ2) is 6.10. The second-order valence-electron chi connectivity index (χ2n) is 4.93. The Balaban J connectivity index is 2.07. The lowest BCUT2D eigenvalue weighted by molar-refractivity contribution is 0.100. The van der Waals surface area contributed by atoms with Gasteiger partial charge in [0.2, 0.25) is 0 Å². The number of fused-ring (bicyclic) bond motifs is 1. The van der Waals surface area contributed by atoms with Gasteiger partial charge >= 0.3 is 0 Å². The predicted molar refractivity (Wildman–Crippen MR) is 94.0 cm³/mol. The molecule has 4 N–H and O–H groups in total. The number of carbonyl (C=O) groups is 1. The lowest BCUT2D eigenvalue weighted by Crippen LogP contribution is -2.24. The fourth-order valence-electron chi connectivity index (χ4n) is 2.34. The van der Waals surface area contributed by atoms with Crippen LogP contribution in [0.3, 0.4) is 0 Å². The van der Waals surface area contributed by atoms with Crippen LogP contribution in [-0.2, 0) is 0 Å². The third-order valence-corrected chi connectivity index (χ3v) is 4.42. The maximum atomic E-state index is 12.0. The summed E-state index contributed by atoms with van der Waals surface area (Å²) in [6, 6.07) is 13.3. The van der Waals surface area contributed by atoms with Crippen molar-refractivity contribution in [2.45, 2.75) is 0 Å². The average Bonchev–Trinajstić information content (AvgIpc) is 2.97. The molecule has 0 fully saturated rings. The van der Waals surface area contributed by atoms with Gasteiger partial charge in [0.1, 0.15) is 5.75 Å². The number of ether oxygens (including phenoxy) is 1. The van der Waals surface area contributed by atoms with Crippen LogP contribution in [0.25, 0.3) is 21.2 Å². The largest absolute Gasteiger partial charge is 0.497 e. The van der Waals surface area contributed by atoms with Crippen molar-refractivity contribution in [2.24, 2.45) is 16.5 Å². The number of hydrogen-bond donors (Lipinski definition) is 2. The number of guanidine groups is 1. The van der Waals surface area contributed by atoms with Crippen LogP contribution < -0.4 is 16.2 Å². The van der Waals surface area contributed by atoms with Crippen LogP contribution in [0, 0.1) is 0 Å². The second-order valence-corrected chi connectivity index (χ2v) is 5.84. The van der Waals surface area contributed by atoms with Gasteiger partial charge in [0.05, 0.1) is 7.11 Å². The van der Waals surface area contributed by atoms with Gasteiger partial charge in [0, 0.05) is 21.2 Å². The molecule has 0 aliphatic rings. The van der Waals surface area contributed by atoms with Crippen molar-refractivity contribution in [1.82, 2.24) is 0 Å². The summed E-state index contributed by atoms with van der Waals surface area (Å²) < 4.78 is 6.28. The Hall–Kier alpha value is -2.86. The van der Waals surface area contributed by atoms with Crippen LogP contribution in [0.5, 0.6) is 5.75 Å². The first-order valence-corrected chi connectivity index (χ1v) is 7.76. The van der Waals surface area contributed by atoms with E-state index in [9.17, 15) is 4.79 Å². The third kappa shape index (κ3) is 3.02. The minimum atomic E-state index is -0.446. The van der Waals surface area contributed by atoms with Crippen molar-refractivity contribution >= 4 is 33.3 Å². The molecule has 3 rings (SSSR count). The number of benzene rings is 2. The molecule has 5 nitrogen and oxygen atoms in total. The summed E-state index contributed by atoms with van der Waals surface area (Å²) in [5.41, 5.74) is 13.1. The SMILES string of the molecule is COc1ccc(-c2csc3ccc(C(=O)N=C(N)N)cc23)cc1. The van der Waals surface area contributed by atoms with Gasteiger partial charge in [-0.2, -0.15) is 4.99 Å². The van der Waals surface area contributed by atoms with E-state index in [1.807, 2.05) is 36.4 Å². The minimum Gasteiger partial charge on any atom is -0.497 e. The Kier molecular flexibility index (Phi) is 3.99. The molecule has 1 heterocycles. The molecule has 23 heavy (non-hydrogen) atoms. The van der Waals surface area contributed by atoms with Gasteiger partial charge in [-0.15, -0.1) is 11.3 Å². The number of nitrogens with two attached hydrogens (primary N) is 2. The molecule has 6 heteroatoms. The number of rotatable bonds is 3. The van der Waals surface area contributed by atoms with Gasteiger partial charge in [0.25, 0.3) is 5.91 Å². The molecule has 116 valence electrons. The summed E-state index contributed by atoms with van der Waals surface area (Å²) in [6.07, 6.45) is 0. The van der Waals surface area contributed by atoms with Gasteiger partial charge in [-0.25, -0.2) is 0 Å². The van der Waals surface area contributed by atoms with Crippen LogP contribution in [-0.4, -0.2) is 19.0 Å². The lowest BCUT2D eigenvalue weighted by atomic mass is 10.0. The van der Waals surface area contributed by atoms with Gasteiger partial charge in [0.15, 0.2) is 5.96 Å². The van der Waals surface area contributed by atoms with Crippen molar-refractivity contribution < 1.29 is 9.53 Å². The van der Waals surface area contributed by atoms with E-state index in [2.05, 4.69) is 10.4 Å². The van der Waals surface area contributed by atoms with E-state index in [1.54, 1.807) is 24.5 Å². The van der Waals surface area contributed by atoms with Crippen LogP contribution in [0.2, 0.25) is 0 Å². The van der Waals surface area contributed by atoms with E-state index in [4.69, 9.17) is 16.2 Å². The fourth-order valence-corrected chi connectivity index (χ4v) is 3.29. The molecule has 1 amide bonds. The summed E-state index contributed by atoms with van der Waals surface area (Å²) in [7, 11) is 1.64. The maximum absolute atomic E-state index is 12.0. The molecular weight excluding hydrogens is 310 g/mol. The smallest absolute Gasteiger partial charge is 0.280 e. The molecule has 3 aromatic rings. The average molecular weight is 325 g/mol. The zero-order chi connectivity index (χ0) is 16.4. The zero-order valence-electron chi connectivity index (χ0n) is 12.4.